The van der Waals surface area contributed by atoms with E-state index in [1.165, 1.54) is 0 Å². The van der Waals surface area contributed by atoms with Crippen molar-refractivity contribution in [3.8, 4) is 5.69 Å². The first kappa shape index (κ1) is 19.6. The molecule has 1 aliphatic heterocycles. The Kier molecular flexibility index (Phi) is 6.21. The first-order valence-electron chi connectivity index (χ1n) is 9.63. The lowest BCUT2D eigenvalue weighted by atomic mass is 10.1. The summed E-state index contributed by atoms with van der Waals surface area (Å²) in [4.78, 5) is 16.0. The SMILES string of the molecule is COC1CCN(C(=O)c2ccccc2SCc2nnnn2-c2ccccc2)CC1. The van der Waals surface area contributed by atoms with Crippen molar-refractivity contribution in [3.05, 3.63) is 66.0 Å². The molecule has 8 heteroatoms. The van der Waals surface area contributed by atoms with Gasteiger partial charge in [-0.1, -0.05) is 30.3 Å². The third kappa shape index (κ3) is 4.49. The Labute approximate surface area is 174 Å². The van der Waals surface area contributed by atoms with Crippen LogP contribution in [0, 0.1) is 0 Å². The standard InChI is InChI=1S/C21H23N5O2S/c1-28-17-11-13-25(14-12-17)21(27)18-9-5-6-10-19(18)29-15-20-22-23-24-26(20)16-7-3-2-4-8-16/h2-10,17H,11-15H2,1H3. The van der Waals surface area contributed by atoms with Crippen LogP contribution in [0.5, 0.6) is 0 Å². The number of rotatable bonds is 6. The zero-order chi connectivity index (χ0) is 20.1. The summed E-state index contributed by atoms with van der Waals surface area (Å²) in [5, 5.41) is 12.1. The Morgan fingerprint density at radius 3 is 2.59 bits per heavy atom. The van der Waals surface area contributed by atoms with E-state index >= 15 is 0 Å². The molecule has 0 spiro atoms. The van der Waals surface area contributed by atoms with Crippen molar-refractivity contribution in [1.82, 2.24) is 25.1 Å². The van der Waals surface area contributed by atoms with Crippen LogP contribution in [0.3, 0.4) is 0 Å². The first-order valence-corrected chi connectivity index (χ1v) is 10.6. The lowest BCUT2D eigenvalue weighted by Gasteiger charge is -2.31. The lowest BCUT2D eigenvalue weighted by Crippen LogP contribution is -2.40. The van der Waals surface area contributed by atoms with Gasteiger partial charge in [0.15, 0.2) is 5.82 Å². The molecule has 2 aromatic carbocycles. The summed E-state index contributed by atoms with van der Waals surface area (Å²) in [6, 6.07) is 17.5. The van der Waals surface area contributed by atoms with Crippen molar-refractivity contribution in [2.75, 3.05) is 20.2 Å². The number of tetrazole rings is 1. The monoisotopic (exact) mass is 409 g/mol. The number of carbonyl (C=O) groups excluding carboxylic acids is 1. The summed E-state index contributed by atoms with van der Waals surface area (Å²) in [5.74, 6) is 1.38. The van der Waals surface area contributed by atoms with Crippen LogP contribution >= 0.6 is 11.8 Å². The molecule has 150 valence electrons. The third-order valence-electron chi connectivity index (χ3n) is 5.07. The number of thioether (sulfide) groups is 1. The van der Waals surface area contributed by atoms with Crippen molar-refractivity contribution in [3.63, 3.8) is 0 Å². The maximum Gasteiger partial charge on any atom is 0.254 e. The first-order chi connectivity index (χ1) is 14.3. The second-order valence-electron chi connectivity index (χ2n) is 6.85. The second kappa shape index (κ2) is 9.19. The van der Waals surface area contributed by atoms with E-state index in [0.29, 0.717) is 5.75 Å². The molecule has 1 fully saturated rings. The van der Waals surface area contributed by atoms with Gasteiger partial charge in [0.1, 0.15) is 0 Å². The number of hydrogen-bond donors (Lipinski definition) is 0. The average Bonchev–Trinajstić information content (AvgIpc) is 3.27. The Balaban J connectivity index is 1.48. The summed E-state index contributed by atoms with van der Waals surface area (Å²) >= 11 is 1.58. The number of para-hydroxylation sites is 1. The number of nitrogens with zero attached hydrogens (tertiary/aromatic N) is 5. The number of hydrogen-bond acceptors (Lipinski definition) is 6. The van der Waals surface area contributed by atoms with E-state index in [4.69, 9.17) is 4.74 Å². The highest BCUT2D eigenvalue weighted by Gasteiger charge is 2.25. The quantitative estimate of drug-likeness (QED) is 0.582. The zero-order valence-electron chi connectivity index (χ0n) is 16.3. The van der Waals surface area contributed by atoms with Gasteiger partial charge in [-0.2, -0.15) is 4.68 Å². The van der Waals surface area contributed by atoms with Crippen LogP contribution in [-0.2, 0) is 10.5 Å². The molecule has 29 heavy (non-hydrogen) atoms. The Bertz CT molecular complexity index is 954. The maximum absolute atomic E-state index is 13.1. The van der Waals surface area contributed by atoms with Crippen LogP contribution in [0.25, 0.3) is 5.69 Å². The smallest absolute Gasteiger partial charge is 0.254 e. The number of carbonyl (C=O) groups is 1. The van der Waals surface area contributed by atoms with Crippen LogP contribution < -0.4 is 0 Å². The van der Waals surface area contributed by atoms with Crippen molar-refractivity contribution < 1.29 is 9.53 Å². The second-order valence-corrected chi connectivity index (χ2v) is 7.87. The normalized spacial score (nSPS) is 14.9. The van der Waals surface area contributed by atoms with E-state index in [1.807, 2.05) is 59.5 Å². The molecular weight excluding hydrogens is 386 g/mol. The minimum absolute atomic E-state index is 0.0744. The molecule has 0 N–H and O–H groups in total. The fourth-order valence-electron chi connectivity index (χ4n) is 3.44. The van der Waals surface area contributed by atoms with E-state index in [0.717, 1.165) is 47.9 Å². The van der Waals surface area contributed by atoms with E-state index in [2.05, 4.69) is 15.5 Å². The van der Waals surface area contributed by atoms with Gasteiger partial charge in [0, 0.05) is 25.1 Å². The molecular formula is C21H23N5O2S. The number of benzene rings is 2. The number of aromatic nitrogens is 4. The van der Waals surface area contributed by atoms with Gasteiger partial charge < -0.3 is 9.64 Å². The average molecular weight is 410 g/mol. The van der Waals surface area contributed by atoms with Crippen molar-refractivity contribution in [2.24, 2.45) is 0 Å². The molecule has 1 aromatic heterocycles. The number of methoxy groups -OCH3 is 1. The van der Waals surface area contributed by atoms with Crippen molar-refractivity contribution in [1.29, 1.82) is 0 Å². The molecule has 0 radical (unpaired) electrons. The fraction of sp³-hybridized carbons (Fsp3) is 0.333. The highest BCUT2D eigenvalue weighted by molar-refractivity contribution is 7.98. The van der Waals surface area contributed by atoms with Crippen LogP contribution in [0.4, 0.5) is 0 Å². The van der Waals surface area contributed by atoms with E-state index in [1.54, 1.807) is 23.6 Å². The third-order valence-corrected chi connectivity index (χ3v) is 6.14. The van der Waals surface area contributed by atoms with Crippen molar-refractivity contribution >= 4 is 17.7 Å². The molecule has 1 saturated heterocycles. The minimum Gasteiger partial charge on any atom is -0.381 e. The number of piperidine rings is 1. The van der Waals surface area contributed by atoms with Gasteiger partial charge in [0.25, 0.3) is 5.91 Å². The van der Waals surface area contributed by atoms with Gasteiger partial charge in [0.05, 0.1) is 23.1 Å². The van der Waals surface area contributed by atoms with Crippen LogP contribution in [-0.4, -0.2) is 57.3 Å². The Morgan fingerprint density at radius 1 is 1.10 bits per heavy atom. The van der Waals surface area contributed by atoms with Crippen LogP contribution in [0.2, 0.25) is 0 Å². The Hall–Kier alpha value is -2.71. The molecule has 3 aromatic rings. The molecule has 7 nitrogen and oxygen atoms in total. The predicted molar refractivity (Wildman–Crippen MR) is 111 cm³/mol. The molecule has 0 atom stereocenters. The van der Waals surface area contributed by atoms with Gasteiger partial charge in [-0.05, 0) is 47.5 Å². The summed E-state index contributed by atoms with van der Waals surface area (Å²) in [7, 11) is 1.73. The molecule has 0 saturated carbocycles. The fourth-order valence-corrected chi connectivity index (χ4v) is 4.39. The highest BCUT2D eigenvalue weighted by Crippen LogP contribution is 2.28. The van der Waals surface area contributed by atoms with Gasteiger partial charge >= 0.3 is 0 Å². The summed E-state index contributed by atoms with van der Waals surface area (Å²) in [6.07, 6.45) is 2.01. The lowest BCUT2D eigenvalue weighted by molar-refractivity contribution is 0.0349. The van der Waals surface area contributed by atoms with E-state index in [-0.39, 0.29) is 12.0 Å². The van der Waals surface area contributed by atoms with Gasteiger partial charge in [-0.25, -0.2) is 0 Å². The van der Waals surface area contributed by atoms with Crippen molar-refractivity contribution in [2.45, 2.75) is 29.6 Å². The topological polar surface area (TPSA) is 73.1 Å². The largest absolute Gasteiger partial charge is 0.381 e. The molecule has 4 rings (SSSR count). The summed E-state index contributed by atoms with van der Waals surface area (Å²) < 4.78 is 7.14. The summed E-state index contributed by atoms with van der Waals surface area (Å²) in [6.45, 7) is 1.45. The predicted octanol–water partition coefficient (Wildman–Crippen LogP) is 3.21. The molecule has 1 amide bonds. The van der Waals surface area contributed by atoms with Gasteiger partial charge in [-0.15, -0.1) is 16.9 Å². The summed E-state index contributed by atoms with van der Waals surface area (Å²) in [5.41, 5.74) is 1.64. The van der Waals surface area contributed by atoms with Gasteiger partial charge in [0.2, 0.25) is 0 Å². The highest BCUT2D eigenvalue weighted by atomic mass is 32.2. The van der Waals surface area contributed by atoms with E-state index in [9.17, 15) is 4.79 Å². The van der Waals surface area contributed by atoms with E-state index < -0.39 is 0 Å². The molecule has 0 aliphatic carbocycles. The van der Waals surface area contributed by atoms with Crippen LogP contribution in [0.15, 0.2) is 59.5 Å². The zero-order valence-corrected chi connectivity index (χ0v) is 17.1. The van der Waals surface area contributed by atoms with Crippen LogP contribution in [0.1, 0.15) is 29.0 Å². The number of amides is 1. The molecule has 0 unspecified atom stereocenters. The molecule has 2 heterocycles. The van der Waals surface area contributed by atoms with Gasteiger partial charge in [-0.3, -0.25) is 4.79 Å². The molecule has 0 bridgehead atoms. The minimum atomic E-state index is 0.0744. The molecule has 1 aliphatic rings. The maximum atomic E-state index is 13.1. The number of ether oxygens (including phenoxy) is 1. The number of likely N-dealkylation sites (tertiary alicyclic amines) is 1. The Morgan fingerprint density at radius 2 is 1.83 bits per heavy atom.